The lowest BCUT2D eigenvalue weighted by atomic mass is 10.1. The standard InChI is InChI=1S/C20H26N4O3/c1-20(2,3)27-19(26)21-12-15-11-16-9-14(13-6-7-13)10-17(24(16)22-15)23-8-4-5-18(23)25/h9-11,13H,4-8,12H2,1-3H3,(H,21,26). The first-order valence-electron chi connectivity index (χ1n) is 9.60. The lowest BCUT2D eigenvalue weighted by Gasteiger charge is -2.19. The summed E-state index contributed by atoms with van der Waals surface area (Å²) in [5.74, 6) is 1.57. The van der Waals surface area contributed by atoms with Crippen molar-refractivity contribution >= 4 is 23.3 Å². The van der Waals surface area contributed by atoms with Crippen molar-refractivity contribution in [1.82, 2.24) is 14.9 Å². The summed E-state index contributed by atoms with van der Waals surface area (Å²) in [7, 11) is 0. The van der Waals surface area contributed by atoms with Crippen LogP contribution in [0.2, 0.25) is 0 Å². The number of amides is 2. The van der Waals surface area contributed by atoms with Crippen molar-refractivity contribution in [2.45, 2.75) is 64.5 Å². The largest absolute Gasteiger partial charge is 0.444 e. The molecule has 2 aromatic heterocycles. The van der Waals surface area contributed by atoms with Crippen LogP contribution in [-0.2, 0) is 16.1 Å². The molecule has 0 bridgehead atoms. The monoisotopic (exact) mass is 370 g/mol. The lowest BCUT2D eigenvalue weighted by molar-refractivity contribution is -0.117. The van der Waals surface area contributed by atoms with Crippen LogP contribution >= 0.6 is 0 Å². The molecule has 1 saturated heterocycles. The quantitative estimate of drug-likeness (QED) is 0.895. The molecule has 0 unspecified atom stereocenters. The minimum absolute atomic E-state index is 0.146. The minimum Gasteiger partial charge on any atom is -0.444 e. The molecule has 0 atom stereocenters. The van der Waals surface area contributed by atoms with Gasteiger partial charge < -0.3 is 10.1 Å². The molecule has 0 spiro atoms. The maximum Gasteiger partial charge on any atom is 0.407 e. The summed E-state index contributed by atoms with van der Waals surface area (Å²) in [5.41, 5.74) is 2.42. The van der Waals surface area contributed by atoms with E-state index in [4.69, 9.17) is 4.74 Å². The summed E-state index contributed by atoms with van der Waals surface area (Å²) in [4.78, 5) is 26.0. The average Bonchev–Trinajstić information content (AvgIpc) is 3.21. The molecule has 1 aliphatic carbocycles. The number of anilines is 1. The Bertz CT molecular complexity index is 892. The van der Waals surface area contributed by atoms with E-state index in [1.165, 1.54) is 18.4 Å². The van der Waals surface area contributed by atoms with Crippen LogP contribution in [-0.4, -0.2) is 33.8 Å². The predicted octanol–water partition coefficient (Wildman–Crippen LogP) is 3.36. The summed E-state index contributed by atoms with van der Waals surface area (Å²) in [5, 5.41) is 7.38. The zero-order chi connectivity index (χ0) is 19.2. The van der Waals surface area contributed by atoms with Crippen LogP contribution in [0.5, 0.6) is 0 Å². The van der Waals surface area contributed by atoms with E-state index in [2.05, 4.69) is 22.5 Å². The number of alkyl carbamates (subject to hydrolysis) is 1. The Morgan fingerprint density at radius 3 is 2.70 bits per heavy atom. The van der Waals surface area contributed by atoms with Crippen molar-refractivity contribution in [3.05, 3.63) is 29.5 Å². The van der Waals surface area contributed by atoms with E-state index in [1.807, 2.05) is 36.3 Å². The van der Waals surface area contributed by atoms with E-state index in [0.717, 1.165) is 30.0 Å². The van der Waals surface area contributed by atoms with Gasteiger partial charge in [0.25, 0.3) is 0 Å². The minimum atomic E-state index is -0.536. The Morgan fingerprint density at radius 2 is 2.07 bits per heavy atom. The number of fused-ring (bicyclic) bond motifs is 1. The molecular weight excluding hydrogens is 344 g/mol. The number of aromatic nitrogens is 2. The lowest BCUT2D eigenvalue weighted by Crippen LogP contribution is -2.32. The number of carbonyl (C=O) groups is 2. The smallest absolute Gasteiger partial charge is 0.407 e. The Kier molecular flexibility index (Phi) is 4.32. The van der Waals surface area contributed by atoms with Gasteiger partial charge in [0.2, 0.25) is 5.91 Å². The Balaban J connectivity index is 1.60. The molecule has 1 aliphatic heterocycles. The van der Waals surface area contributed by atoms with Crippen LogP contribution in [0.3, 0.4) is 0 Å². The van der Waals surface area contributed by atoms with Gasteiger partial charge in [-0.2, -0.15) is 5.10 Å². The zero-order valence-electron chi connectivity index (χ0n) is 16.1. The molecule has 0 aromatic carbocycles. The normalized spacial score (nSPS) is 17.6. The molecule has 1 saturated carbocycles. The summed E-state index contributed by atoms with van der Waals surface area (Å²) in [6.07, 6.45) is 3.40. The van der Waals surface area contributed by atoms with E-state index >= 15 is 0 Å². The second-order valence-corrected chi connectivity index (χ2v) is 8.40. The number of rotatable bonds is 4. The first-order valence-corrected chi connectivity index (χ1v) is 9.60. The van der Waals surface area contributed by atoms with Crippen LogP contribution in [0.4, 0.5) is 10.6 Å². The highest BCUT2D eigenvalue weighted by atomic mass is 16.6. The third kappa shape index (κ3) is 3.91. The fourth-order valence-electron chi connectivity index (χ4n) is 3.45. The maximum absolute atomic E-state index is 12.3. The summed E-state index contributed by atoms with van der Waals surface area (Å²) < 4.78 is 7.09. The zero-order valence-corrected chi connectivity index (χ0v) is 16.1. The van der Waals surface area contributed by atoms with Crippen molar-refractivity contribution in [3.8, 4) is 0 Å². The Morgan fingerprint density at radius 1 is 1.30 bits per heavy atom. The van der Waals surface area contributed by atoms with E-state index < -0.39 is 11.7 Å². The number of nitrogens with one attached hydrogen (secondary N) is 1. The second-order valence-electron chi connectivity index (χ2n) is 8.40. The van der Waals surface area contributed by atoms with E-state index in [9.17, 15) is 9.59 Å². The van der Waals surface area contributed by atoms with Gasteiger partial charge in [-0.1, -0.05) is 0 Å². The average molecular weight is 370 g/mol. The molecule has 2 amide bonds. The Hall–Kier alpha value is -2.57. The second kappa shape index (κ2) is 6.55. The molecule has 7 nitrogen and oxygen atoms in total. The van der Waals surface area contributed by atoms with Crippen molar-refractivity contribution in [1.29, 1.82) is 0 Å². The van der Waals surface area contributed by atoms with Crippen LogP contribution in [0.15, 0.2) is 18.2 Å². The SMILES string of the molecule is CC(C)(C)OC(=O)NCc1cc2cc(C3CC3)cc(N3CCCC3=O)n2n1. The molecule has 0 radical (unpaired) electrons. The molecule has 2 aromatic rings. The number of pyridine rings is 1. The molecule has 27 heavy (non-hydrogen) atoms. The predicted molar refractivity (Wildman–Crippen MR) is 102 cm³/mol. The van der Waals surface area contributed by atoms with Crippen molar-refractivity contribution in [2.75, 3.05) is 11.4 Å². The van der Waals surface area contributed by atoms with Gasteiger partial charge >= 0.3 is 6.09 Å². The van der Waals surface area contributed by atoms with Crippen molar-refractivity contribution in [2.24, 2.45) is 0 Å². The van der Waals surface area contributed by atoms with Crippen molar-refractivity contribution < 1.29 is 14.3 Å². The molecule has 2 fully saturated rings. The molecule has 3 heterocycles. The van der Waals surface area contributed by atoms with Gasteiger partial charge in [-0.15, -0.1) is 0 Å². The van der Waals surface area contributed by atoms with Crippen LogP contribution in [0.25, 0.3) is 5.52 Å². The molecule has 7 heteroatoms. The van der Waals surface area contributed by atoms with Gasteiger partial charge in [0.05, 0.1) is 17.8 Å². The first kappa shape index (κ1) is 17.8. The van der Waals surface area contributed by atoms with E-state index in [1.54, 1.807) is 0 Å². The molecular formula is C20H26N4O3. The van der Waals surface area contributed by atoms with Gasteiger partial charge in [0.1, 0.15) is 11.4 Å². The number of hydrogen-bond donors (Lipinski definition) is 1. The third-order valence-corrected chi connectivity index (χ3v) is 4.83. The number of carbonyl (C=O) groups excluding carboxylic acids is 2. The van der Waals surface area contributed by atoms with Gasteiger partial charge in [-0.05, 0) is 69.7 Å². The molecule has 4 rings (SSSR count). The number of nitrogens with zero attached hydrogens (tertiary/aromatic N) is 3. The topological polar surface area (TPSA) is 75.9 Å². The van der Waals surface area contributed by atoms with Crippen molar-refractivity contribution in [3.63, 3.8) is 0 Å². The number of ether oxygens (including phenoxy) is 1. The highest BCUT2D eigenvalue weighted by molar-refractivity contribution is 5.95. The van der Waals surface area contributed by atoms with E-state index in [0.29, 0.717) is 12.3 Å². The van der Waals surface area contributed by atoms with Crippen LogP contribution in [0, 0.1) is 0 Å². The molecule has 1 N–H and O–H groups in total. The third-order valence-electron chi connectivity index (χ3n) is 4.83. The van der Waals surface area contributed by atoms with Crippen LogP contribution in [0.1, 0.15) is 63.6 Å². The van der Waals surface area contributed by atoms with E-state index in [-0.39, 0.29) is 12.5 Å². The first-order chi connectivity index (χ1) is 12.8. The highest BCUT2D eigenvalue weighted by Crippen LogP contribution is 2.42. The van der Waals surface area contributed by atoms with Gasteiger partial charge in [0, 0.05) is 13.0 Å². The Labute approximate surface area is 158 Å². The molecule has 144 valence electrons. The highest BCUT2D eigenvalue weighted by Gasteiger charge is 2.29. The summed E-state index contributed by atoms with van der Waals surface area (Å²) in [6, 6.07) is 6.21. The van der Waals surface area contributed by atoms with Gasteiger partial charge in [-0.3, -0.25) is 9.69 Å². The molecule has 2 aliphatic rings. The van der Waals surface area contributed by atoms with Crippen LogP contribution < -0.4 is 10.2 Å². The summed E-state index contributed by atoms with van der Waals surface area (Å²) in [6.45, 7) is 6.50. The fraction of sp³-hybridized carbons (Fsp3) is 0.550. The maximum atomic E-state index is 12.3. The van der Waals surface area contributed by atoms with Gasteiger partial charge in [-0.25, -0.2) is 9.31 Å². The number of hydrogen-bond acceptors (Lipinski definition) is 4. The summed E-state index contributed by atoms with van der Waals surface area (Å²) >= 11 is 0. The van der Waals surface area contributed by atoms with Gasteiger partial charge in [0.15, 0.2) is 0 Å². The fourth-order valence-corrected chi connectivity index (χ4v) is 3.45.